The first-order valence-corrected chi connectivity index (χ1v) is 6.15. The molecule has 18 heavy (non-hydrogen) atoms. The van der Waals surface area contributed by atoms with Crippen LogP contribution >= 0.6 is 0 Å². The third-order valence-corrected chi connectivity index (χ3v) is 2.43. The summed E-state index contributed by atoms with van der Waals surface area (Å²) in [7, 11) is 1.60. The van der Waals surface area contributed by atoms with Crippen LogP contribution in [0.4, 0.5) is 0 Å². The molecule has 0 saturated heterocycles. The van der Waals surface area contributed by atoms with Crippen LogP contribution in [0, 0.1) is 0 Å². The van der Waals surface area contributed by atoms with Crippen molar-refractivity contribution in [2.24, 2.45) is 0 Å². The molecule has 1 atom stereocenters. The Hall–Kier alpha value is -1.10. The van der Waals surface area contributed by atoms with Crippen LogP contribution in [0.3, 0.4) is 0 Å². The Bertz CT molecular complexity index is 338. The molecule has 4 nitrogen and oxygen atoms in total. The average Bonchev–Trinajstić information content (AvgIpc) is 2.37. The van der Waals surface area contributed by atoms with Gasteiger partial charge < -0.3 is 19.3 Å². The topological polar surface area (TPSA) is 47.9 Å². The zero-order valence-corrected chi connectivity index (χ0v) is 11.3. The normalized spacial score (nSPS) is 12.7. The molecule has 102 valence electrons. The summed E-state index contributed by atoms with van der Waals surface area (Å²) in [5.41, 5.74) is 0.791. The highest BCUT2D eigenvalue weighted by Gasteiger charge is 2.08. The summed E-state index contributed by atoms with van der Waals surface area (Å²) in [6.45, 7) is 5.24. The number of hydrogen-bond acceptors (Lipinski definition) is 4. The van der Waals surface area contributed by atoms with E-state index in [0.29, 0.717) is 13.2 Å². The molecule has 0 amide bonds. The standard InChI is InChI=1S/C14H22O4/c1-11(2)18-8-7-17-10-14(15)12-5-4-6-13(9-12)16-3/h4-6,9,11,14-15H,7-8,10H2,1-3H3. The second kappa shape index (κ2) is 8.08. The van der Waals surface area contributed by atoms with Crippen molar-refractivity contribution in [1.29, 1.82) is 0 Å². The summed E-state index contributed by atoms with van der Waals surface area (Å²) >= 11 is 0. The number of aliphatic hydroxyl groups excluding tert-OH is 1. The fraction of sp³-hybridized carbons (Fsp3) is 0.571. The van der Waals surface area contributed by atoms with Gasteiger partial charge in [0, 0.05) is 0 Å². The van der Waals surface area contributed by atoms with Crippen LogP contribution in [-0.2, 0) is 9.47 Å². The smallest absolute Gasteiger partial charge is 0.119 e. The Morgan fingerprint density at radius 2 is 2.00 bits per heavy atom. The summed E-state index contributed by atoms with van der Waals surface area (Å²) in [4.78, 5) is 0. The van der Waals surface area contributed by atoms with Crippen LogP contribution < -0.4 is 4.74 Å². The van der Waals surface area contributed by atoms with E-state index in [1.54, 1.807) is 13.2 Å². The van der Waals surface area contributed by atoms with E-state index >= 15 is 0 Å². The molecule has 0 aromatic heterocycles. The minimum absolute atomic E-state index is 0.205. The quantitative estimate of drug-likeness (QED) is 0.722. The molecule has 0 heterocycles. The zero-order chi connectivity index (χ0) is 13.4. The van der Waals surface area contributed by atoms with Gasteiger partial charge in [0.15, 0.2) is 0 Å². The number of aliphatic hydroxyl groups is 1. The Morgan fingerprint density at radius 1 is 1.22 bits per heavy atom. The van der Waals surface area contributed by atoms with Crippen LogP contribution in [0.1, 0.15) is 25.5 Å². The van der Waals surface area contributed by atoms with Gasteiger partial charge in [0.1, 0.15) is 11.9 Å². The third-order valence-electron chi connectivity index (χ3n) is 2.43. The van der Waals surface area contributed by atoms with E-state index in [1.165, 1.54) is 0 Å². The molecule has 0 spiro atoms. The van der Waals surface area contributed by atoms with E-state index in [-0.39, 0.29) is 12.7 Å². The number of ether oxygens (including phenoxy) is 3. The summed E-state index contributed by atoms with van der Waals surface area (Å²) in [6.07, 6.45) is -0.434. The van der Waals surface area contributed by atoms with E-state index in [2.05, 4.69) is 0 Å². The SMILES string of the molecule is COc1cccc(C(O)COCCOC(C)C)c1. The second-order valence-electron chi connectivity index (χ2n) is 4.29. The van der Waals surface area contributed by atoms with Gasteiger partial charge in [-0.1, -0.05) is 12.1 Å². The highest BCUT2D eigenvalue weighted by Crippen LogP contribution is 2.19. The molecular formula is C14H22O4. The van der Waals surface area contributed by atoms with Crippen molar-refractivity contribution in [3.63, 3.8) is 0 Å². The van der Waals surface area contributed by atoms with Crippen LogP contribution in [-0.4, -0.2) is 38.1 Å². The predicted molar refractivity (Wildman–Crippen MR) is 69.9 cm³/mol. The molecular weight excluding hydrogens is 232 g/mol. The summed E-state index contributed by atoms with van der Waals surface area (Å²) in [6, 6.07) is 7.34. The molecule has 1 rings (SSSR count). The third kappa shape index (κ3) is 5.49. The molecule has 1 aromatic carbocycles. The van der Waals surface area contributed by atoms with Crippen molar-refractivity contribution in [2.45, 2.75) is 26.1 Å². The molecule has 0 aliphatic heterocycles. The minimum atomic E-state index is -0.640. The lowest BCUT2D eigenvalue weighted by molar-refractivity contribution is -0.0111. The molecule has 4 heteroatoms. The summed E-state index contributed by atoms with van der Waals surface area (Å²) in [5, 5.41) is 9.93. The van der Waals surface area contributed by atoms with Gasteiger partial charge in [0.05, 0.1) is 33.0 Å². The van der Waals surface area contributed by atoms with E-state index in [9.17, 15) is 5.11 Å². The highest BCUT2D eigenvalue weighted by atomic mass is 16.5. The van der Waals surface area contributed by atoms with Gasteiger partial charge in [-0.25, -0.2) is 0 Å². The van der Waals surface area contributed by atoms with Gasteiger partial charge >= 0.3 is 0 Å². The Labute approximate surface area is 108 Å². The van der Waals surface area contributed by atoms with Crippen molar-refractivity contribution in [2.75, 3.05) is 26.9 Å². The zero-order valence-electron chi connectivity index (χ0n) is 11.3. The molecule has 0 fully saturated rings. The Morgan fingerprint density at radius 3 is 2.67 bits per heavy atom. The molecule has 0 aliphatic carbocycles. The lowest BCUT2D eigenvalue weighted by atomic mass is 10.1. The maximum absolute atomic E-state index is 9.93. The number of hydrogen-bond donors (Lipinski definition) is 1. The first-order chi connectivity index (χ1) is 8.63. The molecule has 0 bridgehead atoms. The van der Waals surface area contributed by atoms with Crippen molar-refractivity contribution in [1.82, 2.24) is 0 Å². The number of methoxy groups -OCH3 is 1. The minimum Gasteiger partial charge on any atom is -0.497 e. The van der Waals surface area contributed by atoms with Gasteiger partial charge in [0.2, 0.25) is 0 Å². The van der Waals surface area contributed by atoms with E-state index in [1.807, 2.05) is 32.0 Å². The van der Waals surface area contributed by atoms with Crippen LogP contribution in [0.5, 0.6) is 5.75 Å². The van der Waals surface area contributed by atoms with Gasteiger partial charge in [-0.15, -0.1) is 0 Å². The fourth-order valence-corrected chi connectivity index (χ4v) is 1.48. The van der Waals surface area contributed by atoms with Crippen molar-refractivity contribution < 1.29 is 19.3 Å². The van der Waals surface area contributed by atoms with Crippen LogP contribution in [0.2, 0.25) is 0 Å². The molecule has 1 aromatic rings. The Kier molecular flexibility index (Phi) is 6.72. The Balaban J connectivity index is 2.29. The van der Waals surface area contributed by atoms with Gasteiger partial charge in [0.25, 0.3) is 0 Å². The highest BCUT2D eigenvalue weighted by molar-refractivity contribution is 5.29. The van der Waals surface area contributed by atoms with Crippen molar-refractivity contribution in [3.05, 3.63) is 29.8 Å². The maximum atomic E-state index is 9.93. The molecule has 1 N–H and O–H groups in total. The maximum Gasteiger partial charge on any atom is 0.119 e. The van der Waals surface area contributed by atoms with E-state index in [4.69, 9.17) is 14.2 Å². The second-order valence-corrected chi connectivity index (χ2v) is 4.29. The van der Waals surface area contributed by atoms with Gasteiger partial charge in [-0.2, -0.15) is 0 Å². The number of rotatable bonds is 8. The van der Waals surface area contributed by atoms with Gasteiger partial charge in [-0.3, -0.25) is 0 Å². The van der Waals surface area contributed by atoms with E-state index in [0.717, 1.165) is 11.3 Å². The van der Waals surface area contributed by atoms with Crippen molar-refractivity contribution in [3.8, 4) is 5.75 Å². The van der Waals surface area contributed by atoms with Crippen LogP contribution in [0.15, 0.2) is 24.3 Å². The number of benzene rings is 1. The van der Waals surface area contributed by atoms with Crippen LogP contribution in [0.25, 0.3) is 0 Å². The summed E-state index contributed by atoms with van der Waals surface area (Å²) in [5.74, 6) is 0.731. The molecule has 0 radical (unpaired) electrons. The lowest BCUT2D eigenvalue weighted by Gasteiger charge is -2.13. The lowest BCUT2D eigenvalue weighted by Crippen LogP contribution is -2.13. The van der Waals surface area contributed by atoms with Crippen molar-refractivity contribution >= 4 is 0 Å². The predicted octanol–water partition coefficient (Wildman–Crippen LogP) is 2.17. The summed E-state index contributed by atoms with van der Waals surface area (Å²) < 4.78 is 15.8. The van der Waals surface area contributed by atoms with Gasteiger partial charge in [-0.05, 0) is 31.5 Å². The first-order valence-electron chi connectivity index (χ1n) is 6.15. The first kappa shape index (κ1) is 15.0. The monoisotopic (exact) mass is 254 g/mol. The molecule has 0 aliphatic rings. The molecule has 0 saturated carbocycles. The largest absolute Gasteiger partial charge is 0.497 e. The average molecular weight is 254 g/mol. The van der Waals surface area contributed by atoms with E-state index < -0.39 is 6.10 Å². The fourth-order valence-electron chi connectivity index (χ4n) is 1.48. The molecule has 1 unspecified atom stereocenters.